The Morgan fingerprint density at radius 2 is 1.26 bits per heavy atom. The van der Waals surface area contributed by atoms with E-state index in [1.54, 1.807) is 12.1 Å². The van der Waals surface area contributed by atoms with Crippen LogP contribution in [0.2, 0.25) is 0 Å². The zero-order chi connectivity index (χ0) is 19.6. The van der Waals surface area contributed by atoms with Crippen LogP contribution in [0.1, 0.15) is 64.9 Å². The first-order valence-electron chi connectivity index (χ1n) is 10.2. The maximum Gasteiger partial charge on any atom is 0.138 e. The number of benzene rings is 1. The van der Waals surface area contributed by atoms with Crippen LogP contribution in [-0.4, -0.2) is 28.8 Å². The molecule has 0 amide bonds. The van der Waals surface area contributed by atoms with Gasteiger partial charge in [0.1, 0.15) is 17.3 Å². The number of carbonyl (C=O) groups is 2. The van der Waals surface area contributed by atoms with Crippen LogP contribution in [0.4, 0.5) is 0 Å². The fraction of sp³-hybridized carbons (Fsp3) is 0.652. The Kier molecular flexibility index (Phi) is 4.26. The number of Topliss-reactive ketones (excluding diaryl/α,β-unsaturated/α-hetero) is 2. The van der Waals surface area contributed by atoms with Gasteiger partial charge in [0.25, 0.3) is 0 Å². The average Bonchev–Trinajstić information content (AvgIpc) is 2.51. The third kappa shape index (κ3) is 3.33. The standard InChI is InChI=1S/C23H31NO3/c1-22(2)9-15-20(17(26)11-22)19(13-5-7-14(25)8-6-13)21-16(24-15)10-23(3,4)12-18(21)27/h5-8,15-16,19-21,24-25H,9-12H2,1-4H3. The number of piperidine rings is 1. The smallest absolute Gasteiger partial charge is 0.138 e. The molecular weight excluding hydrogens is 338 g/mol. The van der Waals surface area contributed by atoms with Gasteiger partial charge in [0.05, 0.1) is 0 Å². The van der Waals surface area contributed by atoms with Gasteiger partial charge in [0, 0.05) is 42.7 Å². The van der Waals surface area contributed by atoms with E-state index in [1.165, 1.54) is 0 Å². The molecular formula is C23H31NO3. The normalized spacial score (nSPS) is 37.4. The third-order valence-electron chi connectivity index (χ3n) is 6.94. The molecule has 2 N–H and O–H groups in total. The first-order chi connectivity index (χ1) is 12.6. The van der Waals surface area contributed by atoms with E-state index in [9.17, 15) is 14.7 Å². The molecule has 146 valence electrons. The second-order valence-electron chi connectivity index (χ2n) is 10.6. The Morgan fingerprint density at radius 3 is 1.70 bits per heavy atom. The van der Waals surface area contributed by atoms with Crippen molar-refractivity contribution < 1.29 is 14.7 Å². The molecule has 4 rings (SSSR count). The van der Waals surface area contributed by atoms with Crippen molar-refractivity contribution >= 4 is 11.6 Å². The van der Waals surface area contributed by atoms with Crippen LogP contribution in [0.25, 0.3) is 0 Å². The molecule has 1 aliphatic heterocycles. The summed E-state index contributed by atoms with van der Waals surface area (Å²) in [5.74, 6) is 0.362. The van der Waals surface area contributed by atoms with Crippen molar-refractivity contribution in [3.8, 4) is 5.75 Å². The first kappa shape index (κ1) is 18.7. The Labute approximate surface area is 161 Å². The van der Waals surface area contributed by atoms with Crippen molar-refractivity contribution in [3.05, 3.63) is 29.8 Å². The van der Waals surface area contributed by atoms with Gasteiger partial charge in [0.15, 0.2) is 0 Å². The minimum Gasteiger partial charge on any atom is -0.508 e. The quantitative estimate of drug-likeness (QED) is 0.790. The summed E-state index contributed by atoms with van der Waals surface area (Å²) in [6, 6.07) is 7.39. The lowest BCUT2D eigenvalue weighted by Crippen LogP contribution is -2.65. The van der Waals surface area contributed by atoms with E-state index in [4.69, 9.17) is 0 Å². The zero-order valence-electron chi connectivity index (χ0n) is 16.8. The molecule has 0 spiro atoms. The predicted octanol–water partition coefficient (Wildman–Crippen LogP) is 3.83. The van der Waals surface area contributed by atoms with Gasteiger partial charge in [-0.3, -0.25) is 9.59 Å². The number of aromatic hydroxyl groups is 1. The molecule has 1 aromatic rings. The van der Waals surface area contributed by atoms with Crippen molar-refractivity contribution in [1.29, 1.82) is 0 Å². The molecule has 2 aliphatic carbocycles. The molecule has 27 heavy (non-hydrogen) atoms. The first-order valence-corrected chi connectivity index (χ1v) is 10.2. The Morgan fingerprint density at radius 1 is 0.815 bits per heavy atom. The molecule has 3 fully saturated rings. The number of fused-ring (bicyclic) bond motifs is 2. The van der Waals surface area contributed by atoms with E-state index in [-0.39, 0.29) is 58.0 Å². The second-order valence-corrected chi connectivity index (χ2v) is 10.6. The highest BCUT2D eigenvalue weighted by Gasteiger charge is 2.56. The summed E-state index contributed by atoms with van der Waals surface area (Å²) in [5.41, 5.74) is 0.998. The van der Waals surface area contributed by atoms with E-state index in [1.807, 2.05) is 12.1 Å². The summed E-state index contributed by atoms with van der Waals surface area (Å²) in [6.45, 7) is 8.67. The lowest BCUT2D eigenvalue weighted by molar-refractivity contribution is -0.140. The van der Waals surface area contributed by atoms with E-state index >= 15 is 0 Å². The summed E-state index contributed by atoms with van der Waals surface area (Å²) in [4.78, 5) is 26.4. The topological polar surface area (TPSA) is 66.4 Å². The van der Waals surface area contributed by atoms with E-state index < -0.39 is 0 Å². The van der Waals surface area contributed by atoms with Crippen LogP contribution in [0.5, 0.6) is 5.75 Å². The molecule has 0 bridgehead atoms. The molecule has 2 saturated carbocycles. The molecule has 4 unspecified atom stereocenters. The maximum absolute atomic E-state index is 13.2. The number of nitrogens with one attached hydrogen (secondary N) is 1. The molecule has 0 aromatic heterocycles. The number of phenols is 1. The van der Waals surface area contributed by atoms with Crippen LogP contribution in [0.15, 0.2) is 24.3 Å². The van der Waals surface area contributed by atoms with Crippen LogP contribution < -0.4 is 5.32 Å². The van der Waals surface area contributed by atoms with Crippen LogP contribution >= 0.6 is 0 Å². The number of hydrogen-bond donors (Lipinski definition) is 2. The Bertz CT molecular complexity index is 722. The largest absolute Gasteiger partial charge is 0.508 e. The van der Waals surface area contributed by atoms with Gasteiger partial charge in [0.2, 0.25) is 0 Å². The minimum absolute atomic E-state index is 0.00815. The molecule has 0 radical (unpaired) electrons. The monoisotopic (exact) mass is 369 g/mol. The maximum atomic E-state index is 13.2. The average molecular weight is 370 g/mol. The van der Waals surface area contributed by atoms with Crippen molar-refractivity contribution in [3.63, 3.8) is 0 Å². The number of hydrogen-bond acceptors (Lipinski definition) is 4. The van der Waals surface area contributed by atoms with Gasteiger partial charge >= 0.3 is 0 Å². The summed E-state index contributed by atoms with van der Waals surface area (Å²) >= 11 is 0. The fourth-order valence-corrected chi connectivity index (χ4v) is 6.05. The number of rotatable bonds is 1. The number of carbonyl (C=O) groups excluding carboxylic acids is 2. The van der Waals surface area contributed by atoms with Gasteiger partial charge in [-0.25, -0.2) is 0 Å². The number of phenolic OH excluding ortho intramolecular Hbond substituents is 1. The van der Waals surface area contributed by atoms with Gasteiger partial charge < -0.3 is 10.4 Å². The summed E-state index contributed by atoms with van der Waals surface area (Å²) < 4.78 is 0. The molecule has 1 aromatic carbocycles. The Hall–Kier alpha value is -1.68. The van der Waals surface area contributed by atoms with Gasteiger partial charge in [-0.15, -0.1) is 0 Å². The summed E-state index contributed by atoms with van der Waals surface area (Å²) in [6.07, 6.45) is 3.05. The third-order valence-corrected chi connectivity index (χ3v) is 6.94. The molecule has 4 heteroatoms. The minimum atomic E-state index is -0.158. The van der Waals surface area contributed by atoms with E-state index in [0.717, 1.165) is 18.4 Å². The highest BCUT2D eigenvalue weighted by molar-refractivity contribution is 5.89. The van der Waals surface area contributed by atoms with Crippen molar-refractivity contribution in [2.45, 2.75) is 71.4 Å². The Balaban J connectivity index is 1.79. The fourth-order valence-electron chi connectivity index (χ4n) is 6.05. The van der Waals surface area contributed by atoms with Gasteiger partial charge in [-0.2, -0.15) is 0 Å². The van der Waals surface area contributed by atoms with Crippen molar-refractivity contribution in [1.82, 2.24) is 5.32 Å². The van der Waals surface area contributed by atoms with Crippen molar-refractivity contribution in [2.24, 2.45) is 22.7 Å². The van der Waals surface area contributed by atoms with Gasteiger partial charge in [-0.05, 0) is 41.4 Å². The zero-order valence-corrected chi connectivity index (χ0v) is 16.8. The number of ketones is 2. The SMILES string of the molecule is CC1(C)CC(=O)C2C(C1)NC1CC(C)(C)CC(=O)C1C2c1ccc(O)cc1. The van der Waals surface area contributed by atoms with Crippen LogP contribution in [0, 0.1) is 22.7 Å². The molecule has 4 atom stereocenters. The van der Waals surface area contributed by atoms with Crippen molar-refractivity contribution in [2.75, 3.05) is 0 Å². The molecule has 3 aliphatic rings. The lowest BCUT2D eigenvalue weighted by atomic mass is 9.54. The van der Waals surface area contributed by atoms with E-state index in [2.05, 4.69) is 33.0 Å². The lowest BCUT2D eigenvalue weighted by Gasteiger charge is -2.55. The summed E-state index contributed by atoms with van der Waals surface area (Å²) in [7, 11) is 0. The highest BCUT2D eigenvalue weighted by Crippen LogP contribution is 2.52. The molecule has 1 saturated heterocycles. The second kappa shape index (κ2) is 6.16. The predicted molar refractivity (Wildman–Crippen MR) is 105 cm³/mol. The highest BCUT2D eigenvalue weighted by atomic mass is 16.3. The van der Waals surface area contributed by atoms with Gasteiger partial charge in [-0.1, -0.05) is 39.8 Å². The summed E-state index contributed by atoms with van der Waals surface area (Å²) in [5, 5.41) is 13.5. The van der Waals surface area contributed by atoms with E-state index in [0.29, 0.717) is 12.8 Å². The van der Waals surface area contributed by atoms with Crippen LogP contribution in [-0.2, 0) is 9.59 Å². The molecule has 4 nitrogen and oxygen atoms in total. The molecule has 1 heterocycles. The van der Waals surface area contributed by atoms with Crippen LogP contribution in [0.3, 0.4) is 0 Å².